The van der Waals surface area contributed by atoms with Crippen LogP contribution in [0.15, 0.2) is 29.1 Å². The standard InChI is InChI=1S/C14H14N4O4/c19-13-8-11(14(20)17-5-3-15-4-6-17)10-7-9(18(21)22)1-2-12(10)16-13/h1-2,7-8,15H,3-6H2,(H,16,19). The summed E-state index contributed by atoms with van der Waals surface area (Å²) in [7, 11) is 0. The van der Waals surface area contributed by atoms with Gasteiger partial charge in [0.15, 0.2) is 0 Å². The molecule has 22 heavy (non-hydrogen) atoms. The Morgan fingerprint density at radius 1 is 1.23 bits per heavy atom. The summed E-state index contributed by atoms with van der Waals surface area (Å²) in [4.78, 5) is 39.0. The van der Waals surface area contributed by atoms with Gasteiger partial charge in [-0.05, 0) is 6.07 Å². The van der Waals surface area contributed by atoms with Gasteiger partial charge >= 0.3 is 0 Å². The van der Waals surface area contributed by atoms with E-state index in [0.717, 1.165) is 0 Å². The van der Waals surface area contributed by atoms with Gasteiger partial charge in [-0.3, -0.25) is 19.7 Å². The van der Waals surface area contributed by atoms with Crippen LogP contribution >= 0.6 is 0 Å². The molecule has 0 saturated carbocycles. The minimum Gasteiger partial charge on any atom is -0.336 e. The van der Waals surface area contributed by atoms with Gasteiger partial charge in [-0.2, -0.15) is 0 Å². The van der Waals surface area contributed by atoms with Gasteiger partial charge in [-0.15, -0.1) is 0 Å². The van der Waals surface area contributed by atoms with Gasteiger partial charge < -0.3 is 15.2 Å². The number of carbonyl (C=O) groups is 1. The van der Waals surface area contributed by atoms with Crippen molar-refractivity contribution in [1.29, 1.82) is 0 Å². The van der Waals surface area contributed by atoms with Crippen molar-refractivity contribution < 1.29 is 9.72 Å². The van der Waals surface area contributed by atoms with Crippen LogP contribution in [0.5, 0.6) is 0 Å². The molecule has 2 heterocycles. The van der Waals surface area contributed by atoms with E-state index >= 15 is 0 Å². The molecule has 2 aromatic rings. The molecule has 1 saturated heterocycles. The predicted molar refractivity (Wildman–Crippen MR) is 80.0 cm³/mol. The monoisotopic (exact) mass is 302 g/mol. The van der Waals surface area contributed by atoms with Crippen molar-refractivity contribution in [3.63, 3.8) is 0 Å². The largest absolute Gasteiger partial charge is 0.336 e. The van der Waals surface area contributed by atoms with Gasteiger partial charge in [-0.25, -0.2) is 0 Å². The summed E-state index contributed by atoms with van der Waals surface area (Å²) in [6.07, 6.45) is 0. The average Bonchev–Trinajstić information content (AvgIpc) is 2.53. The Labute approximate surface area is 124 Å². The molecule has 1 aliphatic rings. The first-order valence-corrected chi connectivity index (χ1v) is 6.88. The van der Waals surface area contributed by atoms with E-state index in [1.807, 2.05) is 0 Å². The molecule has 0 unspecified atom stereocenters. The first kappa shape index (κ1) is 14.2. The predicted octanol–water partition coefficient (Wildman–Crippen LogP) is 0.482. The van der Waals surface area contributed by atoms with Crippen molar-refractivity contribution >= 4 is 22.5 Å². The number of non-ortho nitro benzene ring substituents is 1. The van der Waals surface area contributed by atoms with Crippen molar-refractivity contribution in [2.24, 2.45) is 0 Å². The number of benzene rings is 1. The van der Waals surface area contributed by atoms with Crippen LogP contribution < -0.4 is 10.9 Å². The Morgan fingerprint density at radius 2 is 1.95 bits per heavy atom. The Kier molecular flexibility index (Phi) is 3.60. The lowest BCUT2D eigenvalue weighted by molar-refractivity contribution is -0.384. The number of nitro benzene ring substituents is 1. The second-order valence-corrected chi connectivity index (χ2v) is 5.08. The van der Waals surface area contributed by atoms with Crippen LogP contribution in [0.25, 0.3) is 10.9 Å². The highest BCUT2D eigenvalue weighted by Gasteiger charge is 2.21. The van der Waals surface area contributed by atoms with Crippen LogP contribution in [-0.4, -0.2) is 46.9 Å². The highest BCUT2D eigenvalue weighted by Crippen LogP contribution is 2.22. The van der Waals surface area contributed by atoms with Gasteiger partial charge in [0.05, 0.1) is 10.5 Å². The zero-order chi connectivity index (χ0) is 15.7. The van der Waals surface area contributed by atoms with E-state index in [2.05, 4.69) is 10.3 Å². The second kappa shape index (κ2) is 5.57. The van der Waals surface area contributed by atoms with Crippen molar-refractivity contribution in [3.8, 4) is 0 Å². The zero-order valence-corrected chi connectivity index (χ0v) is 11.7. The van der Waals surface area contributed by atoms with E-state index in [1.165, 1.54) is 24.3 Å². The molecule has 1 aliphatic heterocycles. The van der Waals surface area contributed by atoms with Crippen LogP contribution in [-0.2, 0) is 0 Å². The van der Waals surface area contributed by atoms with Crippen LogP contribution in [0.1, 0.15) is 10.4 Å². The van der Waals surface area contributed by atoms with Gasteiger partial charge in [0.2, 0.25) is 5.56 Å². The van der Waals surface area contributed by atoms with E-state index in [9.17, 15) is 19.7 Å². The number of aromatic nitrogens is 1. The van der Waals surface area contributed by atoms with E-state index in [0.29, 0.717) is 37.1 Å². The summed E-state index contributed by atoms with van der Waals surface area (Å²) in [6.45, 7) is 2.46. The molecule has 3 rings (SSSR count). The Hall–Kier alpha value is -2.74. The molecular weight excluding hydrogens is 288 g/mol. The number of nitro groups is 1. The molecule has 8 heteroatoms. The molecule has 1 aromatic heterocycles. The average molecular weight is 302 g/mol. The number of rotatable bonds is 2. The number of amides is 1. The third-order valence-corrected chi connectivity index (χ3v) is 3.67. The van der Waals surface area contributed by atoms with E-state index < -0.39 is 10.5 Å². The second-order valence-electron chi connectivity index (χ2n) is 5.08. The summed E-state index contributed by atoms with van der Waals surface area (Å²) < 4.78 is 0. The molecule has 0 radical (unpaired) electrons. The zero-order valence-electron chi connectivity index (χ0n) is 11.7. The summed E-state index contributed by atoms with van der Waals surface area (Å²) in [5.74, 6) is -0.280. The topological polar surface area (TPSA) is 108 Å². The molecule has 2 N–H and O–H groups in total. The van der Waals surface area contributed by atoms with Crippen molar-refractivity contribution in [2.75, 3.05) is 26.2 Å². The van der Waals surface area contributed by atoms with E-state index in [1.54, 1.807) is 4.90 Å². The minimum atomic E-state index is -0.524. The van der Waals surface area contributed by atoms with Gasteiger partial charge in [-0.1, -0.05) is 0 Å². The lowest BCUT2D eigenvalue weighted by Crippen LogP contribution is -2.46. The maximum absolute atomic E-state index is 12.6. The smallest absolute Gasteiger partial charge is 0.270 e. The highest BCUT2D eigenvalue weighted by molar-refractivity contribution is 6.06. The fourth-order valence-electron chi connectivity index (χ4n) is 2.57. The Morgan fingerprint density at radius 3 is 2.64 bits per heavy atom. The number of H-pyrrole nitrogens is 1. The Balaban J connectivity index is 2.13. The fraction of sp³-hybridized carbons (Fsp3) is 0.286. The molecule has 114 valence electrons. The lowest BCUT2D eigenvalue weighted by Gasteiger charge is -2.27. The number of nitrogens with zero attached hydrogens (tertiary/aromatic N) is 2. The number of aromatic amines is 1. The van der Waals surface area contributed by atoms with Gasteiger partial charge in [0.25, 0.3) is 11.6 Å². The van der Waals surface area contributed by atoms with E-state index in [-0.39, 0.29) is 17.2 Å². The van der Waals surface area contributed by atoms with Crippen LogP contribution in [0.3, 0.4) is 0 Å². The van der Waals surface area contributed by atoms with E-state index in [4.69, 9.17) is 0 Å². The maximum Gasteiger partial charge on any atom is 0.270 e. The Bertz CT molecular complexity index is 808. The third kappa shape index (κ3) is 2.56. The quantitative estimate of drug-likeness (QED) is 0.619. The molecular formula is C14H14N4O4. The minimum absolute atomic E-state index is 0.117. The number of hydrogen-bond acceptors (Lipinski definition) is 5. The van der Waals surface area contributed by atoms with Crippen LogP contribution in [0.4, 0.5) is 5.69 Å². The van der Waals surface area contributed by atoms with Crippen molar-refractivity contribution in [1.82, 2.24) is 15.2 Å². The summed E-state index contributed by atoms with van der Waals surface area (Å²) >= 11 is 0. The number of fused-ring (bicyclic) bond motifs is 1. The van der Waals surface area contributed by atoms with Crippen LogP contribution in [0.2, 0.25) is 0 Å². The summed E-state index contributed by atoms with van der Waals surface area (Å²) in [5, 5.41) is 14.5. The molecule has 1 amide bonds. The summed E-state index contributed by atoms with van der Waals surface area (Å²) in [5.41, 5.74) is 0.0923. The molecule has 0 atom stereocenters. The fourth-order valence-corrected chi connectivity index (χ4v) is 2.57. The first-order chi connectivity index (χ1) is 10.6. The van der Waals surface area contributed by atoms with Crippen molar-refractivity contribution in [3.05, 3.63) is 50.3 Å². The molecule has 0 aliphatic carbocycles. The van der Waals surface area contributed by atoms with Crippen LogP contribution in [0, 0.1) is 10.1 Å². The highest BCUT2D eigenvalue weighted by atomic mass is 16.6. The first-order valence-electron chi connectivity index (χ1n) is 6.88. The van der Waals surface area contributed by atoms with Gasteiger partial charge in [0, 0.05) is 55.3 Å². The molecule has 1 fully saturated rings. The summed E-state index contributed by atoms with van der Waals surface area (Å²) in [6, 6.07) is 5.28. The molecule has 0 bridgehead atoms. The number of carbonyl (C=O) groups excluding carboxylic acids is 1. The lowest BCUT2D eigenvalue weighted by atomic mass is 10.1. The number of piperazine rings is 1. The molecule has 8 nitrogen and oxygen atoms in total. The normalized spacial score (nSPS) is 15.0. The van der Waals surface area contributed by atoms with Gasteiger partial charge in [0.1, 0.15) is 0 Å². The molecule has 1 aromatic carbocycles. The SMILES string of the molecule is O=C(c1cc(=O)[nH]c2ccc([N+](=O)[O-])cc12)N1CCNCC1. The number of hydrogen-bond donors (Lipinski definition) is 2. The number of pyridine rings is 1. The number of nitrogens with one attached hydrogen (secondary N) is 2. The van der Waals surface area contributed by atoms with Crippen molar-refractivity contribution in [2.45, 2.75) is 0 Å². The molecule has 0 spiro atoms. The maximum atomic E-state index is 12.6. The third-order valence-electron chi connectivity index (χ3n) is 3.67.